The number of carbonyl (C=O) groups is 2. The van der Waals surface area contributed by atoms with E-state index in [4.69, 9.17) is 9.47 Å². The second kappa shape index (κ2) is 9.77. The summed E-state index contributed by atoms with van der Waals surface area (Å²) in [6.45, 7) is 6.08. The van der Waals surface area contributed by atoms with Crippen LogP contribution in [0.1, 0.15) is 42.6 Å². The van der Waals surface area contributed by atoms with Crippen molar-refractivity contribution < 1.29 is 24.0 Å². The van der Waals surface area contributed by atoms with Crippen LogP contribution in [-0.4, -0.2) is 66.3 Å². The number of benzene rings is 2. The zero-order chi connectivity index (χ0) is 25.4. The van der Waals surface area contributed by atoms with E-state index in [0.717, 1.165) is 11.3 Å². The molecule has 0 aliphatic carbocycles. The Balaban J connectivity index is 1.32. The van der Waals surface area contributed by atoms with Crippen molar-refractivity contribution in [1.29, 1.82) is 0 Å². The van der Waals surface area contributed by atoms with Crippen LogP contribution in [0.2, 0.25) is 0 Å². The molecule has 0 spiro atoms. The fourth-order valence-corrected chi connectivity index (χ4v) is 5.48. The second-order valence-corrected chi connectivity index (χ2v) is 9.70. The number of hydrogen-bond acceptors (Lipinski definition) is 7. The molecule has 2 aromatic carbocycles. The molecule has 0 radical (unpaired) electrons. The fourth-order valence-electron chi connectivity index (χ4n) is 5.48. The number of amides is 2. The van der Waals surface area contributed by atoms with E-state index in [1.165, 1.54) is 6.07 Å². The molecule has 3 heterocycles. The van der Waals surface area contributed by atoms with Crippen LogP contribution in [0.15, 0.2) is 42.5 Å². The molecule has 2 aromatic rings. The Labute approximate surface area is 209 Å². The van der Waals surface area contributed by atoms with Gasteiger partial charge in [0.1, 0.15) is 12.3 Å². The molecule has 190 valence electrons. The summed E-state index contributed by atoms with van der Waals surface area (Å²) in [6.07, 6.45) is 0.762. The van der Waals surface area contributed by atoms with Crippen molar-refractivity contribution >= 4 is 29.1 Å². The third-order valence-electron chi connectivity index (χ3n) is 7.10. The molecule has 0 N–H and O–H groups in total. The molecule has 2 atom stereocenters. The number of cyclic esters (lactones) is 1. The third kappa shape index (κ3) is 4.60. The highest BCUT2D eigenvalue weighted by Gasteiger charge is 2.35. The molecule has 5 rings (SSSR count). The summed E-state index contributed by atoms with van der Waals surface area (Å²) in [5.41, 5.74) is 2.54. The first-order chi connectivity index (χ1) is 17.3. The number of para-hydroxylation sites is 1. The zero-order valence-corrected chi connectivity index (χ0v) is 20.5. The molecule has 2 amide bonds. The fraction of sp³-hybridized carbons (Fsp3) is 0.462. The molecule has 36 heavy (non-hydrogen) atoms. The van der Waals surface area contributed by atoms with Gasteiger partial charge in [-0.25, -0.2) is 4.79 Å². The van der Waals surface area contributed by atoms with E-state index in [2.05, 4.69) is 0 Å². The number of carbonyl (C=O) groups excluding carboxylic acids is 2. The summed E-state index contributed by atoms with van der Waals surface area (Å²) < 4.78 is 11.1. The van der Waals surface area contributed by atoms with Crippen molar-refractivity contribution in [3.05, 3.63) is 63.7 Å². The number of rotatable bonds is 4. The molecule has 0 unspecified atom stereocenters. The van der Waals surface area contributed by atoms with E-state index in [0.29, 0.717) is 50.3 Å². The second-order valence-electron chi connectivity index (χ2n) is 9.70. The summed E-state index contributed by atoms with van der Waals surface area (Å²) in [5, 5.41) is 12.0. The molecule has 0 aromatic heterocycles. The van der Waals surface area contributed by atoms with E-state index in [-0.39, 0.29) is 42.5 Å². The van der Waals surface area contributed by atoms with Gasteiger partial charge in [-0.2, -0.15) is 0 Å². The minimum absolute atomic E-state index is 0.0552. The molecule has 2 saturated heterocycles. The van der Waals surface area contributed by atoms with Gasteiger partial charge in [-0.15, -0.1) is 0 Å². The molecule has 2 fully saturated rings. The highest BCUT2D eigenvalue weighted by Crippen LogP contribution is 2.35. The van der Waals surface area contributed by atoms with Crippen molar-refractivity contribution in [2.75, 3.05) is 36.0 Å². The molecular weight excluding hydrogens is 464 g/mol. The lowest BCUT2D eigenvalue weighted by Crippen LogP contribution is -2.49. The van der Waals surface area contributed by atoms with Crippen LogP contribution in [0.3, 0.4) is 0 Å². The number of nitro benzene ring substituents is 1. The van der Waals surface area contributed by atoms with Gasteiger partial charge in [-0.3, -0.25) is 19.8 Å². The average Bonchev–Trinajstić information content (AvgIpc) is 2.87. The Morgan fingerprint density at radius 1 is 1.03 bits per heavy atom. The number of morpholine rings is 1. The first-order valence-corrected chi connectivity index (χ1v) is 12.3. The number of anilines is 2. The summed E-state index contributed by atoms with van der Waals surface area (Å²) in [7, 11) is 0. The molecule has 10 nitrogen and oxygen atoms in total. The van der Waals surface area contributed by atoms with E-state index >= 15 is 0 Å². The summed E-state index contributed by atoms with van der Waals surface area (Å²) in [5.74, 6) is -0.229. The minimum atomic E-state index is -0.430. The van der Waals surface area contributed by atoms with E-state index in [1.807, 2.05) is 43.0 Å². The van der Waals surface area contributed by atoms with E-state index in [1.54, 1.807) is 21.9 Å². The number of ether oxygens (including phenoxy) is 2. The van der Waals surface area contributed by atoms with Gasteiger partial charge in [0.15, 0.2) is 0 Å². The first-order valence-electron chi connectivity index (χ1n) is 12.3. The van der Waals surface area contributed by atoms with Crippen LogP contribution in [0.5, 0.6) is 0 Å². The summed E-state index contributed by atoms with van der Waals surface area (Å²) >= 11 is 0. The number of piperidine rings is 1. The van der Waals surface area contributed by atoms with Gasteiger partial charge in [-0.1, -0.05) is 18.2 Å². The standard InChI is InChI=1S/C26H30N4O6/c1-17-14-28(15-18(2)36-17)25(31)19-7-8-23(24(13-19)30(33)34)27-11-9-21(10-12-27)29-22-6-4-3-5-20(22)16-35-26(29)32/h3-8,13,17-18,21H,9-12,14-16H2,1-2H3/t17-,18+. The lowest BCUT2D eigenvalue weighted by molar-refractivity contribution is -0.384. The van der Waals surface area contributed by atoms with Gasteiger partial charge >= 0.3 is 6.09 Å². The van der Waals surface area contributed by atoms with Crippen LogP contribution < -0.4 is 9.80 Å². The van der Waals surface area contributed by atoms with Crippen LogP contribution in [-0.2, 0) is 16.1 Å². The third-order valence-corrected chi connectivity index (χ3v) is 7.10. The lowest BCUT2D eigenvalue weighted by Gasteiger charge is -2.40. The van der Waals surface area contributed by atoms with Gasteiger partial charge in [0, 0.05) is 49.4 Å². The Hall–Kier alpha value is -3.66. The first kappa shape index (κ1) is 24.1. The normalized spacial score (nSPS) is 22.7. The number of nitrogens with zero attached hydrogens (tertiary/aromatic N) is 4. The maximum Gasteiger partial charge on any atom is 0.414 e. The molecule has 3 aliphatic rings. The topological polar surface area (TPSA) is 105 Å². The van der Waals surface area contributed by atoms with Crippen molar-refractivity contribution in [3.63, 3.8) is 0 Å². The molecule has 0 bridgehead atoms. The Morgan fingerprint density at radius 3 is 2.42 bits per heavy atom. The summed E-state index contributed by atoms with van der Waals surface area (Å²) in [6, 6.07) is 12.4. The quantitative estimate of drug-likeness (QED) is 0.468. The highest BCUT2D eigenvalue weighted by atomic mass is 16.6. The van der Waals surface area contributed by atoms with Crippen LogP contribution in [0, 0.1) is 10.1 Å². The number of hydrogen-bond donors (Lipinski definition) is 0. The van der Waals surface area contributed by atoms with Crippen molar-refractivity contribution in [3.8, 4) is 0 Å². The SMILES string of the molecule is C[C@@H]1CN(C(=O)c2ccc(N3CCC(N4C(=O)OCc5ccccc54)CC3)c([N+](=O)[O-])c2)C[C@H](C)O1. The molecule has 0 saturated carbocycles. The van der Waals surface area contributed by atoms with Gasteiger partial charge in [-0.05, 0) is 44.9 Å². The van der Waals surface area contributed by atoms with Crippen LogP contribution >= 0.6 is 0 Å². The van der Waals surface area contributed by atoms with Crippen LogP contribution in [0.25, 0.3) is 0 Å². The monoisotopic (exact) mass is 494 g/mol. The zero-order valence-electron chi connectivity index (χ0n) is 20.5. The maximum absolute atomic E-state index is 13.1. The number of fused-ring (bicyclic) bond motifs is 1. The van der Waals surface area contributed by atoms with E-state index in [9.17, 15) is 19.7 Å². The largest absolute Gasteiger partial charge is 0.444 e. The average molecular weight is 495 g/mol. The van der Waals surface area contributed by atoms with Crippen molar-refractivity contribution in [1.82, 2.24) is 4.90 Å². The smallest absolute Gasteiger partial charge is 0.414 e. The Kier molecular flexibility index (Phi) is 6.53. The molecular formula is C26H30N4O6. The predicted octanol–water partition coefficient (Wildman–Crippen LogP) is 3.97. The predicted molar refractivity (Wildman–Crippen MR) is 133 cm³/mol. The number of nitro groups is 1. The minimum Gasteiger partial charge on any atom is -0.444 e. The molecule has 10 heteroatoms. The van der Waals surface area contributed by atoms with Crippen molar-refractivity contribution in [2.24, 2.45) is 0 Å². The maximum atomic E-state index is 13.1. The Bertz CT molecular complexity index is 1170. The van der Waals surface area contributed by atoms with Gasteiger partial charge in [0.05, 0.1) is 22.8 Å². The van der Waals surface area contributed by atoms with Gasteiger partial charge < -0.3 is 19.3 Å². The van der Waals surface area contributed by atoms with Gasteiger partial charge in [0.25, 0.3) is 11.6 Å². The van der Waals surface area contributed by atoms with Gasteiger partial charge in [0.2, 0.25) is 0 Å². The van der Waals surface area contributed by atoms with Crippen LogP contribution in [0.4, 0.5) is 21.9 Å². The summed E-state index contributed by atoms with van der Waals surface area (Å²) in [4.78, 5) is 42.6. The molecule has 3 aliphatic heterocycles. The highest BCUT2D eigenvalue weighted by molar-refractivity contribution is 5.96. The lowest BCUT2D eigenvalue weighted by atomic mass is 9.99. The van der Waals surface area contributed by atoms with E-state index < -0.39 is 4.92 Å². The Morgan fingerprint density at radius 2 is 1.72 bits per heavy atom. The van der Waals surface area contributed by atoms with Crippen molar-refractivity contribution in [2.45, 2.75) is 51.5 Å².